The van der Waals surface area contributed by atoms with Crippen molar-refractivity contribution in [2.24, 2.45) is 5.92 Å². The molecule has 0 N–H and O–H groups in total. The summed E-state index contributed by atoms with van der Waals surface area (Å²) in [6, 6.07) is 6.61. The summed E-state index contributed by atoms with van der Waals surface area (Å²) in [5.74, 6) is 0.0944. The Morgan fingerprint density at radius 3 is 3.04 bits per heavy atom. The summed E-state index contributed by atoms with van der Waals surface area (Å²) in [5.41, 5.74) is 4.45. The molecule has 28 heavy (non-hydrogen) atoms. The average molecular weight is 395 g/mol. The molecule has 1 fully saturated rings. The van der Waals surface area contributed by atoms with E-state index in [1.54, 1.807) is 11.3 Å². The lowest BCUT2D eigenvalue weighted by Gasteiger charge is -2.31. The van der Waals surface area contributed by atoms with Gasteiger partial charge in [0.1, 0.15) is 0 Å². The maximum Gasteiger partial charge on any atom is 0.255 e. The SMILES string of the molecule is CCc1ccc(CN2CCc3c(C(=O)N4CCCC(C#N)C4)csc3C2)nc1. The molecule has 0 spiro atoms. The number of nitrogens with zero attached hydrogens (tertiary/aromatic N) is 4. The predicted molar refractivity (Wildman–Crippen MR) is 110 cm³/mol. The summed E-state index contributed by atoms with van der Waals surface area (Å²) in [5, 5.41) is 11.2. The fraction of sp³-hybridized carbons (Fsp3) is 0.500. The Morgan fingerprint density at radius 2 is 2.29 bits per heavy atom. The third-order valence-electron chi connectivity index (χ3n) is 5.83. The zero-order valence-electron chi connectivity index (χ0n) is 16.4. The monoisotopic (exact) mass is 394 g/mol. The van der Waals surface area contributed by atoms with Gasteiger partial charge in [0.05, 0.1) is 23.2 Å². The molecule has 2 aliphatic rings. The third kappa shape index (κ3) is 3.96. The van der Waals surface area contributed by atoms with Crippen LogP contribution in [0.25, 0.3) is 0 Å². The summed E-state index contributed by atoms with van der Waals surface area (Å²) in [7, 11) is 0. The van der Waals surface area contributed by atoms with Crippen LogP contribution in [0.3, 0.4) is 0 Å². The van der Waals surface area contributed by atoms with Crippen LogP contribution in [-0.2, 0) is 25.9 Å². The van der Waals surface area contributed by atoms with Gasteiger partial charge in [-0.1, -0.05) is 13.0 Å². The van der Waals surface area contributed by atoms with Gasteiger partial charge in [0.15, 0.2) is 0 Å². The lowest BCUT2D eigenvalue weighted by atomic mass is 9.97. The van der Waals surface area contributed by atoms with Gasteiger partial charge in [-0.3, -0.25) is 14.7 Å². The van der Waals surface area contributed by atoms with E-state index in [-0.39, 0.29) is 11.8 Å². The number of hydrogen-bond acceptors (Lipinski definition) is 5. The molecule has 1 atom stereocenters. The first kappa shape index (κ1) is 19.1. The van der Waals surface area contributed by atoms with Crippen molar-refractivity contribution in [1.29, 1.82) is 5.26 Å². The van der Waals surface area contributed by atoms with E-state index in [0.717, 1.165) is 63.1 Å². The second-order valence-corrected chi connectivity index (χ2v) is 8.71. The molecule has 1 saturated heterocycles. The first-order valence-corrected chi connectivity index (χ1v) is 11.0. The Morgan fingerprint density at radius 1 is 1.39 bits per heavy atom. The molecule has 0 aliphatic carbocycles. The Hall–Kier alpha value is -2.23. The van der Waals surface area contributed by atoms with Crippen molar-refractivity contribution < 1.29 is 4.79 Å². The van der Waals surface area contributed by atoms with Crippen LogP contribution in [-0.4, -0.2) is 40.3 Å². The number of carbonyl (C=O) groups excluding carboxylic acids is 1. The zero-order valence-corrected chi connectivity index (χ0v) is 17.2. The Balaban J connectivity index is 1.43. The van der Waals surface area contributed by atoms with Crippen LogP contribution < -0.4 is 0 Å². The lowest BCUT2D eigenvalue weighted by molar-refractivity contribution is 0.0697. The molecular weight excluding hydrogens is 368 g/mol. The molecule has 4 heterocycles. The van der Waals surface area contributed by atoms with E-state index in [9.17, 15) is 10.1 Å². The average Bonchev–Trinajstić information content (AvgIpc) is 3.17. The van der Waals surface area contributed by atoms with Crippen molar-refractivity contribution in [2.75, 3.05) is 19.6 Å². The number of piperidine rings is 1. The molecule has 1 amide bonds. The van der Waals surface area contributed by atoms with Crippen molar-refractivity contribution in [3.8, 4) is 6.07 Å². The molecule has 1 unspecified atom stereocenters. The highest BCUT2D eigenvalue weighted by Crippen LogP contribution is 2.31. The number of hydrogen-bond donors (Lipinski definition) is 0. The summed E-state index contributed by atoms with van der Waals surface area (Å²) in [6.45, 7) is 6.16. The highest BCUT2D eigenvalue weighted by atomic mass is 32.1. The van der Waals surface area contributed by atoms with Gasteiger partial charge in [-0.2, -0.15) is 5.26 Å². The number of aryl methyl sites for hydroxylation is 1. The molecule has 0 radical (unpaired) electrons. The Kier molecular flexibility index (Phi) is 5.74. The topological polar surface area (TPSA) is 60.2 Å². The Bertz CT molecular complexity index is 883. The van der Waals surface area contributed by atoms with Crippen LogP contribution in [0.2, 0.25) is 0 Å². The minimum absolute atomic E-state index is 0.0192. The molecule has 2 aromatic heterocycles. The highest BCUT2D eigenvalue weighted by Gasteiger charge is 2.29. The van der Waals surface area contributed by atoms with Gasteiger partial charge < -0.3 is 4.90 Å². The van der Waals surface area contributed by atoms with E-state index in [1.165, 1.54) is 16.0 Å². The van der Waals surface area contributed by atoms with Crippen molar-refractivity contribution >= 4 is 17.2 Å². The number of likely N-dealkylation sites (tertiary alicyclic amines) is 1. The first-order chi connectivity index (χ1) is 13.7. The van der Waals surface area contributed by atoms with Gasteiger partial charge in [0, 0.05) is 49.2 Å². The van der Waals surface area contributed by atoms with Crippen molar-refractivity contribution in [3.05, 3.63) is 51.0 Å². The Labute approximate surface area is 170 Å². The summed E-state index contributed by atoms with van der Waals surface area (Å²) in [4.78, 5) is 23.2. The molecular formula is C22H26N4OS. The van der Waals surface area contributed by atoms with Crippen LogP contribution in [0, 0.1) is 17.2 Å². The minimum Gasteiger partial charge on any atom is -0.337 e. The van der Waals surface area contributed by atoms with E-state index >= 15 is 0 Å². The molecule has 2 aromatic rings. The third-order valence-corrected chi connectivity index (χ3v) is 6.84. The number of thiophene rings is 1. The van der Waals surface area contributed by atoms with Gasteiger partial charge in [-0.05, 0) is 42.9 Å². The second-order valence-electron chi connectivity index (χ2n) is 7.74. The predicted octanol–water partition coefficient (Wildman–Crippen LogP) is 3.64. The van der Waals surface area contributed by atoms with Crippen LogP contribution in [0.4, 0.5) is 0 Å². The van der Waals surface area contributed by atoms with Gasteiger partial charge in [0.25, 0.3) is 5.91 Å². The van der Waals surface area contributed by atoms with E-state index in [2.05, 4.69) is 35.0 Å². The number of aromatic nitrogens is 1. The molecule has 0 aromatic carbocycles. The van der Waals surface area contributed by atoms with Crippen LogP contribution >= 0.6 is 11.3 Å². The van der Waals surface area contributed by atoms with Crippen molar-refractivity contribution in [2.45, 2.75) is 45.7 Å². The van der Waals surface area contributed by atoms with Crippen molar-refractivity contribution in [3.63, 3.8) is 0 Å². The molecule has 6 heteroatoms. The molecule has 4 rings (SSSR count). The summed E-state index contributed by atoms with van der Waals surface area (Å²) >= 11 is 1.70. The van der Waals surface area contributed by atoms with E-state index in [0.29, 0.717) is 6.54 Å². The number of rotatable bonds is 4. The number of carbonyl (C=O) groups is 1. The second kappa shape index (κ2) is 8.42. The molecule has 2 aliphatic heterocycles. The fourth-order valence-corrected chi connectivity index (χ4v) is 5.23. The van der Waals surface area contributed by atoms with Crippen LogP contribution in [0.15, 0.2) is 23.7 Å². The zero-order chi connectivity index (χ0) is 19.5. The van der Waals surface area contributed by atoms with Gasteiger partial charge in [0.2, 0.25) is 0 Å². The minimum atomic E-state index is -0.0192. The maximum absolute atomic E-state index is 13.0. The molecule has 5 nitrogen and oxygen atoms in total. The van der Waals surface area contributed by atoms with Gasteiger partial charge >= 0.3 is 0 Å². The smallest absolute Gasteiger partial charge is 0.255 e. The summed E-state index contributed by atoms with van der Waals surface area (Å²) < 4.78 is 0. The van der Waals surface area contributed by atoms with Crippen LogP contribution in [0.1, 0.15) is 51.8 Å². The normalized spacial score (nSPS) is 19.9. The number of pyridine rings is 1. The van der Waals surface area contributed by atoms with E-state index < -0.39 is 0 Å². The van der Waals surface area contributed by atoms with Gasteiger partial charge in [-0.15, -0.1) is 11.3 Å². The van der Waals surface area contributed by atoms with Gasteiger partial charge in [-0.25, -0.2) is 0 Å². The standard InChI is InChI=1S/C22H26N4OS/c1-2-16-5-6-18(24-11-16)13-25-9-7-19-20(15-28-21(19)14-25)22(27)26-8-3-4-17(10-23)12-26/h5-6,11,15,17H,2-4,7-9,12-14H2,1H3. The summed E-state index contributed by atoms with van der Waals surface area (Å²) in [6.07, 6.45) is 5.72. The highest BCUT2D eigenvalue weighted by molar-refractivity contribution is 7.10. The quantitative estimate of drug-likeness (QED) is 0.794. The maximum atomic E-state index is 13.0. The fourth-order valence-electron chi connectivity index (χ4n) is 4.12. The van der Waals surface area contributed by atoms with Crippen LogP contribution in [0.5, 0.6) is 0 Å². The first-order valence-electron chi connectivity index (χ1n) is 10.1. The number of amides is 1. The molecule has 0 saturated carbocycles. The molecule has 146 valence electrons. The van der Waals surface area contributed by atoms with E-state index in [1.807, 2.05) is 16.5 Å². The number of nitriles is 1. The largest absolute Gasteiger partial charge is 0.337 e. The van der Waals surface area contributed by atoms with E-state index in [4.69, 9.17) is 0 Å². The lowest BCUT2D eigenvalue weighted by Crippen LogP contribution is -2.40. The van der Waals surface area contributed by atoms with Crippen molar-refractivity contribution in [1.82, 2.24) is 14.8 Å². The number of fused-ring (bicyclic) bond motifs is 1. The molecule has 0 bridgehead atoms.